The Morgan fingerprint density at radius 2 is 1.83 bits per heavy atom. The number of rotatable bonds is 7. The van der Waals surface area contributed by atoms with Crippen molar-refractivity contribution in [2.24, 2.45) is 11.7 Å². The van der Waals surface area contributed by atoms with Gasteiger partial charge in [0.2, 0.25) is 11.8 Å². The highest BCUT2D eigenvalue weighted by atomic mass is 16.2. The van der Waals surface area contributed by atoms with E-state index in [1.807, 2.05) is 30.9 Å². The minimum Gasteiger partial charge on any atom is -0.355 e. The summed E-state index contributed by atoms with van der Waals surface area (Å²) in [5.74, 6) is 0.413. The molecule has 1 atom stereocenters. The summed E-state index contributed by atoms with van der Waals surface area (Å²) in [7, 11) is 0. The van der Waals surface area contributed by atoms with Crippen LogP contribution >= 0.6 is 0 Å². The van der Waals surface area contributed by atoms with Crippen LogP contribution in [0.5, 0.6) is 0 Å². The van der Waals surface area contributed by atoms with Crippen LogP contribution in [0, 0.1) is 5.92 Å². The standard InChI is InChI=1S/C18H27N3O2/c1-13(2)10-16(19)18(23)20-9-5-8-17(22)21-11-14-6-3-4-7-15(14)12-21/h3-4,6-7,13,16H,5,8-12,19H2,1-2H3,(H,20,23)/t16-/m0/s1. The molecule has 5 nitrogen and oxygen atoms in total. The maximum absolute atomic E-state index is 12.2. The summed E-state index contributed by atoms with van der Waals surface area (Å²) in [6.45, 7) is 5.97. The van der Waals surface area contributed by atoms with Gasteiger partial charge in [0.15, 0.2) is 0 Å². The van der Waals surface area contributed by atoms with Gasteiger partial charge in [0, 0.05) is 26.1 Å². The molecule has 0 aliphatic carbocycles. The van der Waals surface area contributed by atoms with E-state index in [2.05, 4.69) is 17.4 Å². The lowest BCUT2D eigenvalue weighted by atomic mass is 10.0. The predicted octanol–water partition coefficient (Wildman–Crippen LogP) is 1.80. The first kappa shape index (κ1) is 17.5. The Kier molecular flexibility index (Phi) is 6.16. The van der Waals surface area contributed by atoms with E-state index in [4.69, 9.17) is 5.73 Å². The van der Waals surface area contributed by atoms with Crippen molar-refractivity contribution in [2.75, 3.05) is 6.54 Å². The fraction of sp³-hybridized carbons (Fsp3) is 0.556. The Hall–Kier alpha value is -1.88. The molecule has 1 aromatic rings. The van der Waals surface area contributed by atoms with Crippen LogP contribution in [0.25, 0.3) is 0 Å². The van der Waals surface area contributed by atoms with Crippen molar-refractivity contribution >= 4 is 11.8 Å². The van der Waals surface area contributed by atoms with Crippen molar-refractivity contribution in [1.82, 2.24) is 10.2 Å². The van der Waals surface area contributed by atoms with Crippen LogP contribution in [0.4, 0.5) is 0 Å². The predicted molar refractivity (Wildman–Crippen MR) is 90.4 cm³/mol. The third kappa shape index (κ3) is 5.06. The van der Waals surface area contributed by atoms with E-state index in [-0.39, 0.29) is 11.8 Å². The lowest BCUT2D eigenvalue weighted by molar-refractivity contribution is -0.132. The highest BCUT2D eigenvalue weighted by Gasteiger charge is 2.22. The smallest absolute Gasteiger partial charge is 0.236 e. The van der Waals surface area contributed by atoms with E-state index < -0.39 is 6.04 Å². The number of hydrogen-bond acceptors (Lipinski definition) is 3. The van der Waals surface area contributed by atoms with Gasteiger partial charge in [-0.2, -0.15) is 0 Å². The van der Waals surface area contributed by atoms with E-state index in [9.17, 15) is 9.59 Å². The maximum atomic E-state index is 12.2. The van der Waals surface area contributed by atoms with Gasteiger partial charge in [-0.3, -0.25) is 9.59 Å². The Balaban J connectivity index is 1.65. The molecule has 2 rings (SSSR count). The summed E-state index contributed by atoms with van der Waals surface area (Å²) in [6.07, 6.45) is 1.77. The van der Waals surface area contributed by atoms with Gasteiger partial charge < -0.3 is 16.0 Å². The SMILES string of the molecule is CC(C)C[C@H](N)C(=O)NCCCC(=O)N1Cc2ccccc2C1. The highest BCUT2D eigenvalue weighted by Crippen LogP contribution is 2.22. The molecule has 0 saturated heterocycles. The number of amides is 2. The second kappa shape index (κ2) is 8.11. The van der Waals surface area contributed by atoms with Gasteiger partial charge in [0.25, 0.3) is 0 Å². The second-order valence-corrected chi connectivity index (χ2v) is 6.65. The monoisotopic (exact) mass is 317 g/mol. The minimum absolute atomic E-state index is 0.125. The largest absolute Gasteiger partial charge is 0.355 e. The number of nitrogens with two attached hydrogens (primary N) is 1. The Labute approximate surface area is 138 Å². The molecule has 23 heavy (non-hydrogen) atoms. The van der Waals surface area contributed by atoms with Crippen LogP contribution in [-0.4, -0.2) is 29.3 Å². The average Bonchev–Trinajstić information content (AvgIpc) is 2.94. The Morgan fingerprint density at radius 1 is 1.22 bits per heavy atom. The Bertz CT molecular complexity index is 532. The van der Waals surface area contributed by atoms with Crippen molar-refractivity contribution in [2.45, 2.75) is 52.2 Å². The van der Waals surface area contributed by atoms with Crippen LogP contribution in [0.2, 0.25) is 0 Å². The topological polar surface area (TPSA) is 75.4 Å². The van der Waals surface area contributed by atoms with Crippen molar-refractivity contribution in [3.8, 4) is 0 Å². The van der Waals surface area contributed by atoms with E-state index in [0.29, 0.717) is 44.8 Å². The number of benzene rings is 1. The molecule has 0 saturated carbocycles. The molecular weight excluding hydrogens is 290 g/mol. The molecule has 1 aliphatic rings. The molecule has 5 heteroatoms. The van der Waals surface area contributed by atoms with Gasteiger partial charge >= 0.3 is 0 Å². The minimum atomic E-state index is -0.459. The molecule has 0 unspecified atom stereocenters. The molecule has 0 fully saturated rings. The summed E-state index contributed by atoms with van der Waals surface area (Å²) < 4.78 is 0. The van der Waals surface area contributed by atoms with Gasteiger partial charge in [-0.1, -0.05) is 38.1 Å². The average molecular weight is 317 g/mol. The van der Waals surface area contributed by atoms with E-state index in [0.717, 1.165) is 0 Å². The summed E-state index contributed by atoms with van der Waals surface area (Å²) >= 11 is 0. The molecule has 0 spiro atoms. The van der Waals surface area contributed by atoms with Crippen LogP contribution in [0.3, 0.4) is 0 Å². The molecular formula is C18H27N3O2. The van der Waals surface area contributed by atoms with E-state index in [1.165, 1.54) is 11.1 Å². The molecule has 1 aliphatic heterocycles. The van der Waals surface area contributed by atoms with Crippen LogP contribution < -0.4 is 11.1 Å². The second-order valence-electron chi connectivity index (χ2n) is 6.65. The normalized spacial score (nSPS) is 14.7. The number of hydrogen-bond donors (Lipinski definition) is 2. The molecule has 1 heterocycles. The van der Waals surface area contributed by atoms with Gasteiger partial charge in [-0.05, 0) is 29.9 Å². The van der Waals surface area contributed by atoms with E-state index in [1.54, 1.807) is 0 Å². The fourth-order valence-electron chi connectivity index (χ4n) is 2.86. The molecule has 1 aromatic carbocycles. The number of fused-ring (bicyclic) bond motifs is 1. The van der Waals surface area contributed by atoms with Gasteiger partial charge in [-0.15, -0.1) is 0 Å². The van der Waals surface area contributed by atoms with Crippen molar-refractivity contribution in [3.63, 3.8) is 0 Å². The number of nitrogens with zero attached hydrogens (tertiary/aromatic N) is 1. The lowest BCUT2D eigenvalue weighted by Crippen LogP contribution is -2.41. The first-order valence-electron chi connectivity index (χ1n) is 8.35. The van der Waals surface area contributed by atoms with Crippen LogP contribution in [-0.2, 0) is 22.7 Å². The van der Waals surface area contributed by atoms with Crippen LogP contribution in [0.15, 0.2) is 24.3 Å². The molecule has 0 bridgehead atoms. The maximum Gasteiger partial charge on any atom is 0.236 e. The molecule has 0 aromatic heterocycles. The zero-order valence-corrected chi connectivity index (χ0v) is 14.0. The van der Waals surface area contributed by atoms with Crippen molar-refractivity contribution in [1.29, 1.82) is 0 Å². The molecule has 126 valence electrons. The zero-order valence-electron chi connectivity index (χ0n) is 14.0. The molecule has 2 amide bonds. The first-order chi connectivity index (χ1) is 11.0. The van der Waals surface area contributed by atoms with Crippen molar-refractivity contribution < 1.29 is 9.59 Å². The van der Waals surface area contributed by atoms with Gasteiger partial charge in [0.1, 0.15) is 0 Å². The molecule has 3 N–H and O–H groups in total. The molecule has 0 radical (unpaired) electrons. The number of carbonyl (C=O) groups excluding carboxylic acids is 2. The Morgan fingerprint density at radius 3 is 2.39 bits per heavy atom. The highest BCUT2D eigenvalue weighted by molar-refractivity contribution is 5.81. The first-order valence-corrected chi connectivity index (χ1v) is 8.35. The van der Waals surface area contributed by atoms with Gasteiger partial charge in [-0.25, -0.2) is 0 Å². The van der Waals surface area contributed by atoms with Crippen LogP contribution in [0.1, 0.15) is 44.2 Å². The zero-order chi connectivity index (χ0) is 16.8. The van der Waals surface area contributed by atoms with E-state index >= 15 is 0 Å². The summed E-state index contributed by atoms with van der Waals surface area (Å²) in [5, 5.41) is 2.82. The third-order valence-corrected chi connectivity index (χ3v) is 4.12. The summed E-state index contributed by atoms with van der Waals surface area (Å²) in [5.41, 5.74) is 8.28. The number of nitrogens with one attached hydrogen (secondary N) is 1. The fourth-order valence-corrected chi connectivity index (χ4v) is 2.86. The third-order valence-electron chi connectivity index (χ3n) is 4.12. The summed E-state index contributed by atoms with van der Waals surface area (Å²) in [6, 6.07) is 7.68. The summed E-state index contributed by atoms with van der Waals surface area (Å²) in [4.78, 5) is 25.9. The van der Waals surface area contributed by atoms with Crippen molar-refractivity contribution in [3.05, 3.63) is 35.4 Å². The quantitative estimate of drug-likeness (QED) is 0.753. The number of carbonyl (C=O) groups is 2. The van der Waals surface area contributed by atoms with Gasteiger partial charge in [0.05, 0.1) is 6.04 Å². The lowest BCUT2D eigenvalue weighted by Gasteiger charge is -2.16.